The highest BCUT2D eigenvalue weighted by molar-refractivity contribution is 6.45. The highest BCUT2D eigenvalue weighted by Gasteiger charge is 2.43. The van der Waals surface area contributed by atoms with Crippen molar-refractivity contribution in [2.75, 3.05) is 23.3 Å². The van der Waals surface area contributed by atoms with Gasteiger partial charge in [0.25, 0.3) is 11.8 Å². The average Bonchev–Trinajstić information content (AvgIpc) is 3.03. The van der Waals surface area contributed by atoms with Crippen molar-refractivity contribution in [3.63, 3.8) is 0 Å². The minimum Gasteiger partial charge on any atom is -0.372 e. The van der Waals surface area contributed by atoms with Crippen LogP contribution in [0.2, 0.25) is 0 Å². The van der Waals surface area contributed by atoms with Gasteiger partial charge in [-0.15, -0.1) is 0 Å². The van der Waals surface area contributed by atoms with Gasteiger partial charge in [-0.2, -0.15) is 5.26 Å². The molecule has 3 amide bonds. The zero-order chi connectivity index (χ0) is 23.7. The number of ether oxygens (including phenoxy) is 1. The van der Waals surface area contributed by atoms with Crippen LogP contribution >= 0.6 is 0 Å². The van der Waals surface area contributed by atoms with E-state index in [-0.39, 0.29) is 18.1 Å². The molecular formula is C25H24N4O4. The van der Waals surface area contributed by atoms with Gasteiger partial charge in [0.15, 0.2) is 0 Å². The number of carbonyl (C=O) groups excluding carboxylic acids is 3. The van der Waals surface area contributed by atoms with E-state index in [1.807, 2.05) is 24.8 Å². The predicted octanol–water partition coefficient (Wildman–Crippen LogP) is 2.91. The topological polar surface area (TPSA) is 103 Å². The molecule has 1 N–H and O–H groups in total. The van der Waals surface area contributed by atoms with Crippen LogP contribution in [0.5, 0.6) is 0 Å². The molecule has 1 saturated heterocycles. The van der Waals surface area contributed by atoms with Gasteiger partial charge in [0.1, 0.15) is 5.70 Å². The fourth-order valence-corrected chi connectivity index (χ4v) is 4.28. The molecule has 0 saturated carbocycles. The highest BCUT2D eigenvalue weighted by Crippen LogP contribution is 2.36. The van der Waals surface area contributed by atoms with Gasteiger partial charge in [-0.1, -0.05) is 12.1 Å². The molecule has 2 atom stereocenters. The molecule has 2 aliphatic heterocycles. The Morgan fingerprint density at radius 1 is 1.00 bits per heavy atom. The first-order valence-corrected chi connectivity index (χ1v) is 10.7. The summed E-state index contributed by atoms with van der Waals surface area (Å²) in [4.78, 5) is 41.6. The van der Waals surface area contributed by atoms with Crippen LogP contribution in [0, 0.1) is 11.3 Å². The Morgan fingerprint density at radius 2 is 1.61 bits per heavy atom. The largest absolute Gasteiger partial charge is 0.372 e. The first kappa shape index (κ1) is 22.2. The molecule has 2 aromatic carbocycles. The second kappa shape index (κ2) is 8.88. The molecular weight excluding hydrogens is 420 g/mol. The Morgan fingerprint density at radius 3 is 2.15 bits per heavy atom. The fourth-order valence-electron chi connectivity index (χ4n) is 4.28. The Balaban J connectivity index is 1.78. The van der Waals surface area contributed by atoms with Crippen molar-refractivity contribution in [3.8, 4) is 6.07 Å². The molecule has 8 heteroatoms. The van der Waals surface area contributed by atoms with Crippen molar-refractivity contribution < 1.29 is 19.1 Å². The number of nitriles is 1. The van der Waals surface area contributed by atoms with Gasteiger partial charge >= 0.3 is 0 Å². The molecule has 1 fully saturated rings. The zero-order valence-corrected chi connectivity index (χ0v) is 18.7. The van der Waals surface area contributed by atoms with Crippen LogP contribution in [0.3, 0.4) is 0 Å². The van der Waals surface area contributed by atoms with Crippen LogP contribution in [0.15, 0.2) is 54.2 Å². The summed E-state index contributed by atoms with van der Waals surface area (Å²) < 4.78 is 5.82. The van der Waals surface area contributed by atoms with Gasteiger partial charge in [-0.3, -0.25) is 14.4 Å². The fraction of sp³-hybridized carbons (Fsp3) is 0.280. The molecule has 4 rings (SSSR count). The summed E-state index contributed by atoms with van der Waals surface area (Å²) in [6.07, 6.45) is -0.201. The third-order valence-corrected chi connectivity index (χ3v) is 5.54. The van der Waals surface area contributed by atoms with Crippen molar-refractivity contribution in [2.45, 2.75) is 33.0 Å². The van der Waals surface area contributed by atoms with Gasteiger partial charge in [0.05, 0.1) is 35.1 Å². The quantitative estimate of drug-likeness (QED) is 0.728. The molecule has 2 heterocycles. The molecule has 8 nitrogen and oxygen atoms in total. The van der Waals surface area contributed by atoms with E-state index >= 15 is 0 Å². The van der Waals surface area contributed by atoms with Crippen molar-refractivity contribution >= 4 is 34.7 Å². The molecule has 0 bridgehead atoms. The number of benzene rings is 2. The number of amides is 3. The molecule has 0 aliphatic carbocycles. The Hall–Kier alpha value is -3.96. The van der Waals surface area contributed by atoms with Crippen LogP contribution in [-0.2, 0) is 19.1 Å². The lowest BCUT2D eigenvalue weighted by Crippen LogP contribution is -2.47. The average molecular weight is 444 g/mol. The van der Waals surface area contributed by atoms with Crippen molar-refractivity contribution in [2.24, 2.45) is 0 Å². The van der Waals surface area contributed by atoms with Gasteiger partial charge in [0.2, 0.25) is 5.91 Å². The summed E-state index contributed by atoms with van der Waals surface area (Å²) in [6.45, 7) is 6.25. The van der Waals surface area contributed by atoms with Crippen LogP contribution in [0.1, 0.15) is 31.9 Å². The number of nitrogens with one attached hydrogen (secondary N) is 1. The zero-order valence-electron chi connectivity index (χ0n) is 18.7. The molecule has 168 valence electrons. The second-order valence-electron chi connectivity index (χ2n) is 8.25. The number of morpholine rings is 1. The molecule has 2 aliphatic rings. The summed E-state index contributed by atoms with van der Waals surface area (Å²) in [5, 5.41) is 11.8. The summed E-state index contributed by atoms with van der Waals surface area (Å²) >= 11 is 0. The third-order valence-electron chi connectivity index (χ3n) is 5.54. The summed E-state index contributed by atoms with van der Waals surface area (Å²) in [7, 11) is 0. The molecule has 0 aromatic heterocycles. The standard InChI is InChI=1S/C25H24N4O4/c1-15-13-28(14-16(2)33-15)23-22(19-6-8-20(9-7-19)27-17(3)30)24(31)29(25(23)32)21-10-4-18(12-26)5-11-21/h4-11,15-16H,13-14H2,1-3H3,(H,27,30). The highest BCUT2D eigenvalue weighted by atomic mass is 16.5. The van der Waals surface area contributed by atoms with Crippen molar-refractivity contribution in [3.05, 3.63) is 65.4 Å². The lowest BCUT2D eigenvalue weighted by Gasteiger charge is -2.37. The summed E-state index contributed by atoms with van der Waals surface area (Å²) in [5.74, 6) is -1.04. The number of nitrogens with zero attached hydrogens (tertiary/aromatic N) is 3. The maximum absolute atomic E-state index is 13.6. The molecule has 0 radical (unpaired) electrons. The first-order chi connectivity index (χ1) is 15.8. The number of hydrogen-bond donors (Lipinski definition) is 1. The normalized spacial score (nSPS) is 20.8. The van der Waals surface area contributed by atoms with Crippen molar-refractivity contribution in [1.82, 2.24) is 4.90 Å². The van der Waals surface area contributed by atoms with E-state index < -0.39 is 11.8 Å². The number of imide groups is 1. The van der Waals surface area contributed by atoms with Gasteiger partial charge in [-0.25, -0.2) is 4.90 Å². The number of carbonyl (C=O) groups is 3. The van der Waals surface area contributed by atoms with Crippen LogP contribution in [0.25, 0.3) is 5.57 Å². The van der Waals surface area contributed by atoms with E-state index in [1.54, 1.807) is 48.5 Å². The molecule has 2 aromatic rings. The van der Waals surface area contributed by atoms with Crippen LogP contribution < -0.4 is 10.2 Å². The van der Waals surface area contributed by atoms with Gasteiger partial charge < -0.3 is 15.0 Å². The van der Waals surface area contributed by atoms with E-state index in [9.17, 15) is 14.4 Å². The second-order valence-corrected chi connectivity index (χ2v) is 8.25. The maximum atomic E-state index is 13.6. The van der Waals surface area contributed by atoms with Gasteiger partial charge in [0, 0.05) is 25.7 Å². The van der Waals surface area contributed by atoms with E-state index in [4.69, 9.17) is 10.00 Å². The summed E-state index contributed by atoms with van der Waals surface area (Å²) in [5.41, 5.74) is 2.66. The van der Waals surface area contributed by atoms with E-state index in [0.29, 0.717) is 46.9 Å². The molecule has 0 spiro atoms. The minimum atomic E-state index is -0.432. The number of hydrogen-bond acceptors (Lipinski definition) is 6. The molecule has 2 unspecified atom stereocenters. The van der Waals surface area contributed by atoms with Crippen molar-refractivity contribution in [1.29, 1.82) is 5.26 Å². The first-order valence-electron chi connectivity index (χ1n) is 10.7. The van der Waals surface area contributed by atoms with E-state index in [2.05, 4.69) is 5.32 Å². The minimum absolute atomic E-state index is 0.100. The van der Waals surface area contributed by atoms with Gasteiger partial charge in [-0.05, 0) is 55.8 Å². The third kappa shape index (κ3) is 4.36. The Kier molecular flexibility index (Phi) is 5.99. The lowest BCUT2D eigenvalue weighted by molar-refractivity contribution is -0.121. The number of anilines is 2. The lowest BCUT2D eigenvalue weighted by atomic mass is 10.0. The van der Waals surface area contributed by atoms with E-state index in [1.165, 1.54) is 6.92 Å². The molecule has 33 heavy (non-hydrogen) atoms. The van der Waals surface area contributed by atoms with Crippen LogP contribution in [0.4, 0.5) is 11.4 Å². The van der Waals surface area contributed by atoms with E-state index in [0.717, 1.165) is 4.90 Å². The van der Waals surface area contributed by atoms with Crippen LogP contribution in [-0.4, -0.2) is 47.9 Å². The Labute approximate surface area is 192 Å². The summed E-state index contributed by atoms with van der Waals surface area (Å²) in [6, 6.07) is 15.2. The number of rotatable bonds is 4. The predicted molar refractivity (Wildman–Crippen MR) is 123 cm³/mol. The Bertz CT molecular complexity index is 1170. The monoisotopic (exact) mass is 444 g/mol. The smallest absolute Gasteiger partial charge is 0.282 e. The maximum Gasteiger partial charge on any atom is 0.282 e. The SMILES string of the molecule is CC(=O)Nc1ccc(C2=C(N3CC(C)OC(C)C3)C(=O)N(c3ccc(C#N)cc3)C2=O)cc1.